The molecule has 2 heterocycles. The molecule has 1 amide bonds. The maximum atomic E-state index is 12.6. The van der Waals surface area contributed by atoms with Crippen molar-refractivity contribution in [3.05, 3.63) is 45.9 Å². The Labute approximate surface area is 165 Å². The smallest absolute Gasteiger partial charge is 0.227 e. The van der Waals surface area contributed by atoms with Crippen LogP contribution in [-0.2, 0) is 17.6 Å². The predicted octanol–water partition coefficient (Wildman–Crippen LogP) is 4.08. The topological polar surface area (TPSA) is 59.2 Å². The molecule has 0 radical (unpaired) electrons. The summed E-state index contributed by atoms with van der Waals surface area (Å²) in [6, 6.07) is 7.57. The number of piperidine rings is 1. The molecule has 1 aromatic carbocycles. The zero-order valence-electron chi connectivity index (χ0n) is 14.3. The minimum atomic E-state index is 0. The van der Waals surface area contributed by atoms with Gasteiger partial charge in [-0.1, -0.05) is 19.1 Å². The molecule has 1 aromatic heterocycles. The minimum absolute atomic E-state index is 0. The van der Waals surface area contributed by atoms with Crippen molar-refractivity contribution in [1.29, 1.82) is 0 Å². The fraction of sp³-hybridized carbons (Fsp3) is 0.444. The number of aryl methyl sites for hydroxylation is 1. The maximum Gasteiger partial charge on any atom is 0.227 e. The Hall–Kier alpha value is -1.30. The van der Waals surface area contributed by atoms with E-state index in [4.69, 9.17) is 10.7 Å². The van der Waals surface area contributed by atoms with Crippen LogP contribution in [0, 0.1) is 0 Å². The highest BCUT2D eigenvalue weighted by molar-refractivity contribution is 7.09. The fourth-order valence-corrected chi connectivity index (χ4v) is 4.03. The molecule has 1 saturated heterocycles. The number of hydrogen-bond acceptors (Lipinski definition) is 4. The third-order valence-corrected chi connectivity index (χ3v) is 5.45. The maximum absolute atomic E-state index is 12.6. The summed E-state index contributed by atoms with van der Waals surface area (Å²) in [4.78, 5) is 19.3. The number of carbonyl (C=O) groups excluding carboxylic acids is 1. The zero-order chi connectivity index (χ0) is 16.2. The number of rotatable bonds is 4. The highest BCUT2D eigenvalue weighted by atomic mass is 35.5. The van der Waals surface area contributed by atoms with Gasteiger partial charge in [-0.15, -0.1) is 36.2 Å². The highest BCUT2D eigenvalue weighted by Gasteiger charge is 2.26. The molecule has 7 heteroatoms. The van der Waals surface area contributed by atoms with Gasteiger partial charge in [-0.3, -0.25) is 4.79 Å². The number of halogens is 2. The van der Waals surface area contributed by atoms with Crippen molar-refractivity contribution in [2.75, 3.05) is 18.8 Å². The monoisotopic (exact) mass is 401 g/mol. The Bertz CT molecular complexity index is 675. The minimum Gasteiger partial charge on any atom is -0.399 e. The van der Waals surface area contributed by atoms with Gasteiger partial charge in [0.2, 0.25) is 5.91 Å². The van der Waals surface area contributed by atoms with Crippen molar-refractivity contribution in [3.63, 3.8) is 0 Å². The molecule has 1 unspecified atom stereocenters. The van der Waals surface area contributed by atoms with Crippen LogP contribution in [-0.4, -0.2) is 28.9 Å². The van der Waals surface area contributed by atoms with Crippen molar-refractivity contribution >= 4 is 47.7 Å². The highest BCUT2D eigenvalue weighted by Crippen LogP contribution is 2.29. The van der Waals surface area contributed by atoms with Gasteiger partial charge in [0.05, 0.1) is 17.1 Å². The van der Waals surface area contributed by atoms with Gasteiger partial charge >= 0.3 is 0 Å². The largest absolute Gasteiger partial charge is 0.399 e. The normalized spacial score (nSPS) is 16.7. The third-order valence-electron chi connectivity index (χ3n) is 4.39. The van der Waals surface area contributed by atoms with Crippen molar-refractivity contribution in [2.45, 2.75) is 38.5 Å². The molecule has 138 valence electrons. The van der Waals surface area contributed by atoms with Crippen LogP contribution in [0.25, 0.3) is 0 Å². The van der Waals surface area contributed by atoms with Gasteiger partial charge in [0.25, 0.3) is 0 Å². The molecule has 2 N–H and O–H groups in total. The Balaban J connectivity index is 0.00000156. The lowest BCUT2D eigenvalue weighted by Crippen LogP contribution is -2.39. The van der Waals surface area contributed by atoms with Crippen molar-refractivity contribution in [1.82, 2.24) is 9.88 Å². The van der Waals surface area contributed by atoms with Crippen LogP contribution in [0.5, 0.6) is 0 Å². The van der Waals surface area contributed by atoms with E-state index in [0.717, 1.165) is 49.3 Å². The van der Waals surface area contributed by atoms with E-state index in [1.165, 1.54) is 5.01 Å². The SMILES string of the molecule is CCc1csc(C2CCCN(C(=O)Cc3ccc(N)cc3)C2)n1.Cl.Cl. The molecule has 0 spiro atoms. The molecular formula is C18H25Cl2N3OS. The predicted molar refractivity (Wildman–Crippen MR) is 109 cm³/mol. The second-order valence-corrected chi connectivity index (χ2v) is 7.02. The average Bonchev–Trinajstić information content (AvgIpc) is 3.06. The molecule has 1 aliphatic rings. The van der Waals surface area contributed by atoms with E-state index in [-0.39, 0.29) is 30.7 Å². The van der Waals surface area contributed by atoms with Gasteiger partial charge < -0.3 is 10.6 Å². The standard InChI is InChI=1S/C18H23N3OS.2ClH/c1-2-16-12-23-18(20-16)14-4-3-9-21(11-14)17(22)10-13-5-7-15(19)8-6-13;;/h5-8,12,14H,2-4,9-11,19H2,1H3;2*1H. The van der Waals surface area contributed by atoms with Crippen LogP contribution in [0.1, 0.15) is 41.9 Å². The molecule has 1 aliphatic heterocycles. The molecule has 3 rings (SSSR count). The van der Waals surface area contributed by atoms with Crippen molar-refractivity contribution < 1.29 is 4.79 Å². The van der Waals surface area contributed by atoms with Crippen LogP contribution >= 0.6 is 36.2 Å². The number of benzene rings is 1. The van der Waals surface area contributed by atoms with E-state index in [0.29, 0.717) is 12.3 Å². The summed E-state index contributed by atoms with van der Waals surface area (Å²) in [5.74, 6) is 0.594. The van der Waals surface area contributed by atoms with Gasteiger partial charge in [-0.25, -0.2) is 4.98 Å². The van der Waals surface area contributed by atoms with Crippen LogP contribution in [0.15, 0.2) is 29.6 Å². The fourth-order valence-electron chi connectivity index (χ4n) is 3.00. The Kier molecular flexibility index (Phi) is 8.69. The van der Waals surface area contributed by atoms with Crippen molar-refractivity contribution in [3.8, 4) is 0 Å². The number of aromatic nitrogens is 1. The van der Waals surface area contributed by atoms with E-state index < -0.39 is 0 Å². The number of likely N-dealkylation sites (tertiary alicyclic amines) is 1. The average molecular weight is 402 g/mol. The molecule has 4 nitrogen and oxygen atoms in total. The number of anilines is 1. The summed E-state index contributed by atoms with van der Waals surface area (Å²) >= 11 is 1.74. The van der Waals surface area contributed by atoms with Crippen LogP contribution in [0.3, 0.4) is 0 Å². The molecule has 0 saturated carbocycles. The summed E-state index contributed by atoms with van der Waals surface area (Å²) in [5, 5.41) is 3.33. The summed E-state index contributed by atoms with van der Waals surface area (Å²) in [5.41, 5.74) is 8.61. The Morgan fingerprint density at radius 1 is 1.32 bits per heavy atom. The van der Waals surface area contributed by atoms with E-state index in [1.807, 2.05) is 29.2 Å². The lowest BCUT2D eigenvalue weighted by atomic mass is 9.98. The lowest BCUT2D eigenvalue weighted by molar-refractivity contribution is -0.131. The first-order valence-corrected chi connectivity index (χ1v) is 9.10. The van der Waals surface area contributed by atoms with Gasteiger partial charge in [0, 0.05) is 30.1 Å². The van der Waals surface area contributed by atoms with Gasteiger partial charge in [-0.05, 0) is 37.0 Å². The van der Waals surface area contributed by atoms with E-state index in [9.17, 15) is 4.79 Å². The number of nitrogens with two attached hydrogens (primary N) is 1. The number of nitrogen functional groups attached to an aromatic ring is 1. The van der Waals surface area contributed by atoms with Gasteiger partial charge in [0.1, 0.15) is 0 Å². The quantitative estimate of drug-likeness (QED) is 0.784. The molecule has 25 heavy (non-hydrogen) atoms. The second kappa shape index (κ2) is 10.00. The van der Waals surface area contributed by atoms with Gasteiger partial charge in [0.15, 0.2) is 0 Å². The van der Waals surface area contributed by atoms with Crippen molar-refractivity contribution in [2.24, 2.45) is 0 Å². The van der Waals surface area contributed by atoms with Crippen LogP contribution in [0.2, 0.25) is 0 Å². The number of carbonyl (C=O) groups is 1. The van der Waals surface area contributed by atoms with E-state index in [1.54, 1.807) is 11.3 Å². The molecule has 0 aliphatic carbocycles. The Morgan fingerprint density at radius 3 is 2.68 bits per heavy atom. The summed E-state index contributed by atoms with van der Waals surface area (Å²) in [6.07, 6.45) is 3.61. The Morgan fingerprint density at radius 2 is 2.04 bits per heavy atom. The number of hydrogen-bond donors (Lipinski definition) is 1. The van der Waals surface area contributed by atoms with Crippen LogP contribution < -0.4 is 5.73 Å². The molecular weight excluding hydrogens is 377 g/mol. The lowest BCUT2D eigenvalue weighted by Gasteiger charge is -2.32. The first-order chi connectivity index (χ1) is 11.2. The molecule has 1 fully saturated rings. The molecule has 2 aromatic rings. The molecule has 0 bridgehead atoms. The van der Waals surface area contributed by atoms with E-state index in [2.05, 4.69) is 12.3 Å². The summed E-state index contributed by atoms with van der Waals surface area (Å²) < 4.78 is 0. The first kappa shape index (κ1) is 21.7. The molecule has 1 atom stereocenters. The van der Waals surface area contributed by atoms with Gasteiger partial charge in [-0.2, -0.15) is 0 Å². The first-order valence-electron chi connectivity index (χ1n) is 8.22. The number of nitrogens with zero attached hydrogens (tertiary/aromatic N) is 2. The number of thiazole rings is 1. The third kappa shape index (κ3) is 5.59. The summed E-state index contributed by atoms with van der Waals surface area (Å²) in [6.45, 7) is 3.78. The number of amides is 1. The summed E-state index contributed by atoms with van der Waals surface area (Å²) in [7, 11) is 0. The van der Waals surface area contributed by atoms with E-state index >= 15 is 0 Å². The second-order valence-electron chi connectivity index (χ2n) is 6.13. The van der Waals surface area contributed by atoms with Crippen LogP contribution in [0.4, 0.5) is 5.69 Å². The zero-order valence-corrected chi connectivity index (χ0v) is 16.8.